The Morgan fingerprint density at radius 2 is 2.00 bits per heavy atom. The molecule has 1 aromatic carbocycles. The number of rotatable bonds is 0. The minimum absolute atomic E-state index is 0.0799. The van der Waals surface area contributed by atoms with Crippen LogP contribution >= 0.6 is 11.3 Å². The van der Waals surface area contributed by atoms with Crippen molar-refractivity contribution in [3.63, 3.8) is 0 Å². The summed E-state index contributed by atoms with van der Waals surface area (Å²) in [6, 6.07) is 8.42. The Morgan fingerprint density at radius 3 is 2.95 bits per heavy atom. The monoisotopic (exact) mass is 308 g/mol. The van der Waals surface area contributed by atoms with E-state index in [9.17, 15) is 4.79 Å². The third-order valence-electron chi connectivity index (χ3n) is 4.83. The van der Waals surface area contributed by atoms with Gasteiger partial charge in [-0.3, -0.25) is 4.79 Å². The topological polar surface area (TPSA) is 32.3 Å². The molecule has 2 aliphatic heterocycles. The van der Waals surface area contributed by atoms with Gasteiger partial charge < -0.3 is 10.2 Å². The van der Waals surface area contributed by atoms with Gasteiger partial charge in [-0.2, -0.15) is 0 Å². The summed E-state index contributed by atoms with van der Waals surface area (Å²) in [4.78, 5) is 16.3. The Labute approximate surface area is 133 Å². The fourth-order valence-electron chi connectivity index (χ4n) is 3.74. The largest absolute Gasteiger partial charge is 0.314 e. The molecule has 4 heteroatoms. The predicted molar refractivity (Wildman–Crippen MR) is 89.0 cm³/mol. The van der Waals surface area contributed by atoms with Crippen molar-refractivity contribution in [2.75, 3.05) is 4.90 Å². The molecule has 1 amide bonds. The van der Waals surface area contributed by atoms with E-state index in [0.29, 0.717) is 0 Å². The molecule has 2 aromatic rings. The van der Waals surface area contributed by atoms with Crippen LogP contribution in [0.2, 0.25) is 0 Å². The number of nitrogens with zero attached hydrogens (tertiary/aromatic N) is 1. The van der Waals surface area contributed by atoms with E-state index in [1.54, 1.807) is 0 Å². The van der Waals surface area contributed by atoms with Crippen LogP contribution in [0.15, 0.2) is 30.1 Å². The third-order valence-corrected chi connectivity index (χ3v) is 6.15. The lowest BCUT2D eigenvalue weighted by Gasteiger charge is -2.35. The molecule has 3 nitrogen and oxygen atoms in total. The molecule has 0 spiro atoms. The van der Waals surface area contributed by atoms with Crippen LogP contribution in [0, 0.1) is 0 Å². The van der Waals surface area contributed by atoms with E-state index < -0.39 is 0 Å². The number of nitrogens with one attached hydrogen (secondary N) is 1. The molecule has 1 aliphatic carbocycles. The zero-order valence-corrected chi connectivity index (χ0v) is 13.0. The van der Waals surface area contributed by atoms with Crippen LogP contribution in [0.5, 0.6) is 0 Å². The Kier molecular flexibility index (Phi) is 2.53. The molecule has 22 heavy (non-hydrogen) atoms. The lowest BCUT2D eigenvalue weighted by molar-refractivity contribution is 0.0960. The minimum Gasteiger partial charge on any atom is -0.314 e. The summed E-state index contributed by atoms with van der Waals surface area (Å²) in [5, 5.41) is 4.26. The number of carbonyl (C=O) groups is 1. The average molecular weight is 308 g/mol. The van der Waals surface area contributed by atoms with E-state index in [1.165, 1.54) is 34.4 Å². The van der Waals surface area contributed by atoms with E-state index in [2.05, 4.69) is 34.5 Å². The second-order valence-electron chi connectivity index (χ2n) is 6.16. The number of amides is 1. The lowest BCUT2D eigenvalue weighted by Crippen LogP contribution is -2.41. The van der Waals surface area contributed by atoms with Gasteiger partial charge in [0.2, 0.25) is 0 Å². The number of hydrogen-bond acceptors (Lipinski definition) is 3. The zero-order chi connectivity index (χ0) is 14.7. The van der Waals surface area contributed by atoms with Crippen LogP contribution in [-0.4, -0.2) is 5.91 Å². The predicted octanol–water partition coefficient (Wildman–Crippen LogP) is 3.69. The van der Waals surface area contributed by atoms with Gasteiger partial charge in [0, 0.05) is 4.88 Å². The first-order valence-electron chi connectivity index (χ1n) is 7.84. The number of anilines is 1. The molecule has 1 N–H and O–H groups in total. The quantitative estimate of drug-likeness (QED) is 0.805. The van der Waals surface area contributed by atoms with Crippen molar-refractivity contribution < 1.29 is 4.79 Å². The fraction of sp³-hybridized carbons (Fsp3) is 0.278. The van der Waals surface area contributed by atoms with E-state index in [1.807, 2.05) is 17.4 Å². The highest BCUT2D eigenvalue weighted by atomic mass is 32.1. The Morgan fingerprint density at radius 1 is 1.14 bits per heavy atom. The van der Waals surface area contributed by atoms with E-state index in [4.69, 9.17) is 0 Å². The van der Waals surface area contributed by atoms with Gasteiger partial charge in [-0.05, 0) is 48.4 Å². The van der Waals surface area contributed by atoms with Gasteiger partial charge in [0.25, 0.3) is 5.91 Å². The van der Waals surface area contributed by atoms with Gasteiger partial charge in [-0.15, -0.1) is 11.3 Å². The average Bonchev–Trinajstić information content (AvgIpc) is 2.94. The van der Waals surface area contributed by atoms with Crippen molar-refractivity contribution in [1.82, 2.24) is 5.32 Å². The van der Waals surface area contributed by atoms with Crippen LogP contribution in [0.3, 0.4) is 0 Å². The van der Waals surface area contributed by atoms with Crippen molar-refractivity contribution in [1.29, 1.82) is 0 Å². The van der Waals surface area contributed by atoms with Gasteiger partial charge in [0.15, 0.2) is 0 Å². The van der Waals surface area contributed by atoms with Gasteiger partial charge in [0.05, 0.1) is 12.1 Å². The smallest absolute Gasteiger partial charge is 0.260 e. The number of carbonyl (C=O) groups excluding carboxylic acids is 1. The van der Waals surface area contributed by atoms with Crippen molar-refractivity contribution in [2.45, 2.75) is 32.2 Å². The van der Waals surface area contributed by atoms with E-state index in [0.717, 1.165) is 35.8 Å². The van der Waals surface area contributed by atoms with Crippen molar-refractivity contribution in [3.8, 4) is 0 Å². The summed E-state index contributed by atoms with van der Waals surface area (Å²) < 4.78 is 0. The molecule has 0 saturated carbocycles. The molecule has 5 rings (SSSR count). The molecule has 0 atom stereocenters. The summed E-state index contributed by atoms with van der Waals surface area (Å²) in [5.74, 6) is 1.01. The molecule has 110 valence electrons. The zero-order valence-electron chi connectivity index (χ0n) is 12.2. The summed E-state index contributed by atoms with van der Waals surface area (Å²) in [7, 11) is 0. The molecule has 3 aliphatic rings. The summed E-state index contributed by atoms with van der Waals surface area (Å²) in [6.45, 7) is 0.842. The maximum Gasteiger partial charge on any atom is 0.260 e. The summed E-state index contributed by atoms with van der Waals surface area (Å²) in [6.07, 6.45) is 6.73. The first kappa shape index (κ1) is 12.5. The molecular weight excluding hydrogens is 292 g/mol. The highest BCUT2D eigenvalue weighted by molar-refractivity contribution is 7.16. The standard InChI is InChI=1S/C18H16N2OS/c21-17-16-13-7-3-4-8-14(13)22-18(16)20-10-12-6-2-1-5-11(12)9-15(20)19-17/h1-2,5-6,9H,3-4,7-8,10H2,(H,19,21). The number of aryl methyl sites for hydroxylation is 1. The van der Waals surface area contributed by atoms with Gasteiger partial charge >= 0.3 is 0 Å². The van der Waals surface area contributed by atoms with Crippen LogP contribution in [0.25, 0.3) is 6.08 Å². The fourth-order valence-corrected chi connectivity index (χ4v) is 5.14. The Balaban J connectivity index is 1.69. The molecular formula is C18H16N2OS. The highest BCUT2D eigenvalue weighted by Gasteiger charge is 2.35. The molecule has 0 fully saturated rings. The molecule has 0 saturated heterocycles. The number of thiophene rings is 1. The van der Waals surface area contributed by atoms with Gasteiger partial charge in [0.1, 0.15) is 10.8 Å². The maximum absolute atomic E-state index is 12.6. The lowest BCUT2D eigenvalue weighted by atomic mass is 9.94. The van der Waals surface area contributed by atoms with Crippen LogP contribution in [0.1, 0.15) is 44.8 Å². The summed E-state index contributed by atoms with van der Waals surface area (Å²) in [5.41, 5.74) is 4.77. The number of benzene rings is 1. The third kappa shape index (κ3) is 1.64. The van der Waals surface area contributed by atoms with Crippen LogP contribution in [-0.2, 0) is 19.4 Å². The second kappa shape index (κ2) is 4.46. The first-order chi connectivity index (χ1) is 10.8. The highest BCUT2D eigenvalue weighted by Crippen LogP contribution is 2.45. The molecule has 0 bridgehead atoms. The van der Waals surface area contributed by atoms with E-state index >= 15 is 0 Å². The first-order valence-corrected chi connectivity index (χ1v) is 8.66. The Hall–Kier alpha value is -2.07. The van der Waals surface area contributed by atoms with E-state index in [-0.39, 0.29) is 5.91 Å². The molecule has 3 heterocycles. The molecule has 0 radical (unpaired) electrons. The van der Waals surface area contributed by atoms with Gasteiger partial charge in [-0.25, -0.2) is 0 Å². The van der Waals surface area contributed by atoms with Crippen molar-refractivity contribution in [3.05, 3.63) is 57.2 Å². The number of hydrogen-bond donors (Lipinski definition) is 1. The SMILES string of the molecule is O=C1NC2=Cc3ccccc3CN2c2sc3c(c21)CCCC3. The van der Waals surface area contributed by atoms with Crippen molar-refractivity contribution in [2.24, 2.45) is 0 Å². The maximum atomic E-state index is 12.6. The van der Waals surface area contributed by atoms with Crippen LogP contribution < -0.4 is 10.2 Å². The second-order valence-corrected chi connectivity index (χ2v) is 7.24. The molecule has 1 aromatic heterocycles. The minimum atomic E-state index is 0.0799. The van der Waals surface area contributed by atoms with Crippen LogP contribution in [0.4, 0.5) is 5.00 Å². The summed E-state index contributed by atoms with van der Waals surface area (Å²) >= 11 is 1.83. The normalized spacial score (nSPS) is 18.6. The van der Waals surface area contributed by atoms with Gasteiger partial charge in [-0.1, -0.05) is 24.3 Å². The Bertz CT molecular complexity index is 834. The number of fused-ring (bicyclic) bond motifs is 6. The molecule has 0 unspecified atom stereocenters. The van der Waals surface area contributed by atoms with Crippen molar-refractivity contribution >= 4 is 28.3 Å².